The van der Waals surface area contributed by atoms with Crippen molar-refractivity contribution in [2.45, 2.75) is 84.2 Å². The average molecular weight is 649 g/mol. The topological polar surface area (TPSA) is 138 Å². The number of ether oxygens (including phenoxy) is 2. The number of esters is 2. The zero-order chi connectivity index (χ0) is 30.8. The minimum Gasteiger partial charge on any atom is -0.480 e. The van der Waals surface area contributed by atoms with Crippen molar-refractivity contribution < 1.29 is 29.0 Å². The average Bonchev–Trinajstić information content (AvgIpc) is 3.87. The van der Waals surface area contributed by atoms with Crippen LogP contribution in [-0.4, -0.2) is 74.4 Å². The number of aliphatic imine (C=N–C) groups is 1. The molecule has 3 fully saturated rings. The molecule has 0 bridgehead atoms. The Morgan fingerprint density at radius 1 is 0.833 bits per heavy atom. The highest BCUT2D eigenvalue weighted by atomic mass is 79.9. The van der Waals surface area contributed by atoms with Crippen LogP contribution in [0.4, 0.5) is 0 Å². The number of methoxy groups -OCH3 is 2. The van der Waals surface area contributed by atoms with E-state index in [9.17, 15) is 14.4 Å². The summed E-state index contributed by atoms with van der Waals surface area (Å²) in [4.78, 5) is 35.7. The fraction of sp³-hybridized carbons (Fsp3) is 0.600. The van der Waals surface area contributed by atoms with Crippen molar-refractivity contribution in [3.8, 4) is 0 Å². The number of carboxylic acids is 1. The maximum absolute atomic E-state index is 11.0. The lowest BCUT2D eigenvalue weighted by molar-refractivity contribution is -0.141. The molecule has 2 aromatic rings. The second-order valence-electron chi connectivity index (χ2n) is 10.9. The highest BCUT2D eigenvalue weighted by Crippen LogP contribution is 2.40. The van der Waals surface area contributed by atoms with Gasteiger partial charge in [0.15, 0.2) is 0 Å². The SMILES string of the molecule is CC1=NCC(C2CC2)=C1.COC(=O)CBr.COC(=O)Cn1nc(C2CC2)cc1C.Cc1cc(C2CC2)nn1CC(=O)O. The number of allylic oxidation sites excluding steroid dienone is 1. The van der Waals surface area contributed by atoms with E-state index in [-0.39, 0.29) is 30.4 Å². The van der Waals surface area contributed by atoms with Gasteiger partial charge in [0.1, 0.15) is 18.4 Å². The van der Waals surface area contributed by atoms with Crippen molar-refractivity contribution >= 4 is 39.5 Å². The molecule has 6 rings (SSSR count). The first-order valence-corrected chi connectivity index (χ1v) is 15.4. The first kappa shape index (κ1) is 33.2. The molecular weight excluding hydrogens is 606 g/mol. The summed E-state index contributed by atoms with van der Waals surface area (Å²) in [5.41, 5.74) is 6.93. The molecule has 0 atom stereocenters. The molecule has 0 unspecified atom stereocenters. The number of halogens is 1. The molecule has 3 aliphatic carbocycles. The molecule has 11 nitrogen and oxygen atoms in total. The van der Waals surface area contributed by atoms with Crippen LogP contribution in [0.25, 0.3) is 0 Å². The van der Waals surface area contributed by atoms with E-state index < -0.39 is 5.97 Å². The Morgan fingerprint density at radius 3 is 1.64 bits per heavy atom. The molecule has 4 aliphatic rings. The number of aliphatic carboxylic acids is 1. The van der Waals surface area contributed by atoms with E-state index in [1.807, 2.05) is 19.9 Å². The molecule has 0 amide bonds. The third kappa shape index (κ3) is 11.2. The van der Waals surface area contributed by atoms with E-state index in [0.29, 0.717) is 11.8 Å². The number of aromatic nitrogens is 4. The fourth-order valence-corrected chi connectivity index (χ4v) is 4.42. The lowest BCUT2D eigenvalue weighted by Crippen LogP contribution is -2.13. The van der Waals surface area contributed by atoms with Crippen LogP contribution >= 0.6 is 15.9 Å². The van der Waals surface area contributed by atoms with E-state index in [1.165, 1.54) is 58.5 Å². The van der Waals surface area contributed by atoms with Crippen molar-refractivity contribution in [2.75, 3.05) is 26.1 Å². The van der Waals surface area contributed by atoms with E-state index in [2.05, 4.69) is 59.7 Å². The lowest BCUT2D eigenvalue weighted by atomic mass is 10.1. The Balaban J connectivity index is 0.000000161. The zero-order valence-corrected chi connectivity index (χ0v) is 26.7. The third-order valence-corrected chi connectivity index (χ3v) is 7.58. The number of rotatable bonds is 8. The predicted molar refractivity (Wildman–Crippen MR) is 162 cm³/mol. The van der Waals surface area contributed by atoms with Crippen LogP contribution in [0.1, 0.15) is 80.1 Å². The van der Waals surface area contributed by atoms with Gasteiger partial charge in [-0.3, -0.25) is 28.7 Å². The summed E-state index contributed by atoms with van der Waals surface area (Å²) in [6.07, 6.45) is 9.93. The Labute approximate surface area is 255 Å². The molecule has 42 heavy (non-hydrogen) atoms. The van der Waals surface area contributed by atoms with Gasteiger partial charge in [-0.2, -0.15) is 10.2 Å². The van der Waals surface area contributed by atoms with Crippen molar-refractivity contribution in [3.63, 3.8) is 0 Å². The second kappa shape index (κ2) is 15.8. The number of alkyl halides is 1. The van der Waals surface area contributed by atoms with Gasteiger partial charge in [0, 0.05) is 28.9 Å². The van der Waals surface area contributed by atoms with Gasteiger partial charge in [0.2, 0.25) is 0 Å². The summed E-state index contributed by atoms with van der Waals surface area (Å²) in [5, 5.41) is 17.5. The van der Waals surface area contributed by atoms with Gasteiger partial charge in [0.25, 0.3) is 0 Å². The fourth-order valence-electron chi connectivity index (χ4n) is 4.19. The van der Waals surface area contributed by atoms with E-state index in [4.69, 9.17) is 5.11 Å². The lowest BCUT2D eigenvalue weighted by Gasteiger charge is -2.01. The number of carbonyl (C=O) groups excluding carboxylic acids is 2. The van der Waals surface area contributed by atoms with Crippen LogP contribution < -0.4 is 0 Å². The van der Waals surface area contributed by atoms with Crippen molar-refractivity contribution in [1.82, 2.24) is 19.6 Å². The molecule has 1 aliphatic heterocycles. The molecule has 12 heteroatoms. The molecule has 1 N–H and O–H groups in total. The Hall–Kier alpha value is -3.28. The molecule has 0 saturated heterocycles. The summed E-state index contributed by atoms with van der Waals surface area (Å²) >= 11 is 2.90. The smallest absolute Gasteiger partial charge is 0.327 e. The maximum atomic E-state index is 11.0. The van der Waals surface area contributed by atoms with Gasteiger partial charge in [-0.15, -0.1) is 0 Å². The number of carbonyl (C=O) groups is 3. The van der Waals surface area contributed by atoms with Gasteiger partial charge >= 0.3 is 17.9 Å². The Kier molecular flexibility index (Phi) is 12.5. The number of nitrogens with zero attached hydrogens (tertiary/aromatic N) is 5. The van der Waals surface area contributed by atoms with Crippen molar-refractivity contribution in [1.29, 1.82) is 0 Å². The van der Waals surface area contributed by atoms with Crippen LogP contribution in [0.2, 0.25) is 0 Å². The van der Waals surface area contributed by atoms with E-state index >= 15 is 0 Å². The van der Waals surface area contributed by atoms with Gasteiger partial charge in [-0.1, -0.05) is 15.9 Å². The Morgan fingerprint density at radius 2 is 1.31 bits per heavy atom. The highest BCUT2D eigenvalue weighted by Gasteiger charge is 2.28. The predicted octanol–water partition coefficient (Wildman–Crippen LogP) is 4.75. The number of aryl methyl sites for hydroxylation is 2. The molecule has 0 spiro atoms. The Bertz CT molecular complexity index is 1300. The summed E-state index contributed by atoms with van der Waals surface area (Å²) in [5.74, 6) is 0.814. The zero-order valence-electron chi connectivity index (χ0n) is 25.1. The first-order valence-electron chi connectivity index (χ1n) is 14.3. The van der Waals surface area contributed by atoms with Gasteiger partial charge in [-0.25, -0.2) is 0 Å². The molecule has 0 radical (unpaired) electrons. The minimum atomic E-state index is -0.839. The molecular formula is C30H42BrN5O6. The quantitative estimate of drug-likeness (QED) is 0.320. The summed E-state index contributed by atoms with van der Waals surface area (Å²) < 4.78 is 12.1. The van der Waals surface area contributed by atoms with Crippen LogP contribution in [-0.2, 0) is 36.9 Å². The van der Waals surface area contributed by atoms with Crippen LogP contribution in [0.3, 0.4) is 0 Å². The second-order valence-corrected chi connectivity index (χ2v) is 11.5. The summed E-state index contributed by atoms with van der Waals surface area (Å²) in [7, 11) is 2.74. The van der Waals surface area contributed by atoms with Crippen LogP contribution in [0, 0.1) is 19.8 Å². The van der Waals surface area contributed by atoms with Crippen LogP contribution in [0.5, 0.6) is 0 Å². The highest BCUT2D eigenvalue weighted by molar-refractivity contribution is 9.09. The molecule has 2 aromatic heterocycles. The van der Waals surface area contributed by atoms with Gasteiger partial charge in [0.05, 0.1) is 32.2 Å². The standard InChI is InChI=1S/C10H14N2O2.C9H12N2O2.C8H11N.C3H5BrO2/c1-7-5-9(8-3-4-8)11-12(7)6-10(13)14-2;1-6-4-8(7-2-3-7)10-11(6)5-9(12)13;1-6-4-8(5-9-6)7-2-3-7;1-6-3(5)2-4/h5,8H,3-4,6H2,1-2H3;4,7H,2-3,5H2,1H3,(H,12,13);4,7H,2-3,5H2,1H3;2H2,1H3. The van der Waals surface area contributed by atoms with E-state index in [1.54, 1.807) is 14.9 Å². The number of hydrogen-bond acceptors (Lipinski definition) is 8. The van der Waals surface area contributed by atoms with Gasteiger partial charge in [-0.05, 0) is 89.0 Å². The van der Waals surface area contributed by atoms with Crippen molar-refractivity contribution in [3.05, 3.63) is 46.6 Å². The molecule has 230 valence electrons. The third-order valence-electron chi connectivity index (χ3n) is 7.13. The minimum absolute atomic E-state index is 0.0292. The molecule has 3 saturated carbocycles. The molecule has 0 aromatic carbocycles. The van der Waals surface area contributed by atoms with Crippen molar-refractivity contribution in [2.24, 2.45) is 10.9 Å². The van der Waals surface area contributed by atoms with E-state index in [0.717, 1.165) is 35.2 Å². The van der Waals surface area contributed by atoms with Crippen LogP contribution in [0.15, 0.2) is 28.8 Å². The first-order chi connectivity index (χ1) is 20.0. The summed E-state index contributed by atoms with van der Waals surface area (Å²) in [6, 6.07) is 4.04. The molecule has 3 heterocycles. The monoisotopic (exact) mass is 647 g/mol. The largest absolute Gasteiger partial charge is 0.480 e. The summed E-state index contributed by atoms with van der Waals surface area (Å²) in [6.45, 7) is 7.11. The number of carboxylic acid groups (broad SMARTS) is 1. The normalized spacial score (nSPS) is 16.8. The number of hydrogen-bond donors (Lipinski definition) is 1. The van der Waals surface area contributed by atoms with Gasteiger partial charge < -0.3 is 14.6 Å². The maximum Gasteiger partial charge on any atom is 0.327 e.